The number of rotatable bonds is 4. The highest BCUT2D eigenvalue weighted by atomic mass is 19.4. The first-order valence-corrected chi connectivity index (χ1v) is 6.32. The molecule has 2 N–H and O–H groups in total. The van der Waals surface area contributed by atoms with Crippen molar-refractivity contribution >= 4 is 11.6 Å². The van der Waals surface area contributed by atoms with Crippen molar-refractivity contribution in [2.45, 2.75) is 19.6 Å². The smallest absolute Gasteiger partial charge is 0.373 e. The zero-order chi connectivity index (χ0) is 15.5. The second kappa shape index (κ2) is 5.99. The number of aryl methyl sites for hydroxylation is 1. The van der Waals surface area contributed by atoms with Gasteiger partial charge in [-0.25, -0.2) is 9.97 Å². The highest BCUT2D eigenvalue weighted by Gasteiger charge is 2.30. The first kappa shape index (κ1) is 15.1. The number of nitrogens with one attached hydrogen (secondary N) is 2. The van der Waals surface area contributed by atoms with Crippen LogP contribution in [0.5, 0.6) is 0 Å². The number of nitrogens with zero attached hydrogens (tertiary/aromatic N) is 2. The SMILES string of the molecule is CNc1cc(NCc2cccc(C(F)(F)F)c2)nc(C)n1. The lowest BCUT2D eigenvalue weighted by Gasteiger charge is -2.11. The van der Waals surface area contributed by atoms with Gasteiger partial charge in [0.2, 0.25) is 0 Å². The fraction of sp³-hybridized carbons (Fsp3) is 0.286. The van der Waals surface area contributed by atoms with E-state index in [0.29, 0.717) is 23.0 Å². The summed E-state index contributed by atoms with van der Waals surface area (Å²) in [5.74, 6) is 1.78. The molecule has 0 radical (unpaired) electrons. The molecule has 2 rings (SSSR count). The standard InChI is InChI=1S/C14H15F3N4/c1-9-20-12(18-2)7-13(21-9)19-8-10-4-3-5-11(6-10)14(15,16)17/h3-7H,8H2,1-2H3,(H2,18,19,20,21). The predicted molar refractivity (Wildman–Crippen MR) is 75.1 cm³/mol. The van der Waals surface area contributed by atoms with E-state index in [1.54, 1.807) is 26.1 Å². The maximum absolute atomic E-state index is 12.6. The molecule has 7 heteroatoms. The molecule has 0 saturated heterocycles. The van der Waals surface area contributed by atoms with E-state index in [1.165, 1.54) is 6.07 Å². The van der Waals surface area contributed by atoms with Gasteiger partial charge in [-0.05, 0) is 24.6 Å². The average Bonchev–Trinajstić information content (AvgIpc) is 2.44. The van der Waals surface area contributed by atoms with Crippen LogP contribution in [-0.4, -0.2) is 17.0 Å². The van der Waals surface area contributed by atoms with Crippen molar-refractivity contribution in [1.82, 2.24) is 9.97 Å². The van der Waals surface area contributed by atoms with Crippen molar-refractivity contribution in [1.29, 1.82) is 0 Å². The van der Waals surface area contributed by atoms with Crippen molar-refractivity contribution in [2.75, 3.05) is 17.7 Å². The molecule has 0 aliphatic heterocycles. The minimum absolute atomic E-state index is 0.253. The topological polar surface area (TPSA) is 49.8 Å². The third-order valence-corrected chi connectivity index (χ3v) is 2.82. The monoisotopic (exact) mass is 296 g/mol. The number of benzene rings is 1. The molecule has 0 unspecified atom stereocenters. The number of hydrogen-bond acceptors (Lipinski definition) is 4. The number of alkyl halides is 3. The van der Waals surface area contributed by atoms with Gasteiger partial charge in [0.1, 0.15) is 17.5 Å². The van der Waals surface area contributed by atoms with Gasteiger partial charge in [0.25, 0.3) is 0 Å². The molecule has 1 aromatic carbocycles. The van der Waals surface area contributed by atoms with Crippen molar-refractivity contribution in [3.05, 3.63) is 47.3 Å². The van der Waals surface area contributed by atoms with E-state index in [9.17, 15) is 13.2 Å². The number of halogens is 3. The van der Waals surface area contributed by atoms with E-state index < -0.39 is 11.7 Å². The zero-order valence-electron chi connectivity index (χ0n) is 11.6. The highest BCUT2D eigenvalue weighted by molar-refractivity contribution is 5.47. The van der Waals surface area contributed by atoms with E-state index in [-0.39, 0.29) is 6.54 Å². The highest BCUT2D eigenvalue weighted by Crippen LogP contribution is 2.29. The molecule has 0 saturated carbocycles. The Balaban J connectivity index is 2.11. The van der Waals surface area contributed by atoms with E-state index in [2.05, 4.69) is 20.6 Å². The Hall–Kier alpha value is -2.31. The van der Waals surface area contributed by atoms with Crippen LogP contribution < -0.4 is 10.6 Å². The first-order chi connectivity index (χ1) is 9.88. The fourth-order valence-corrected chi connectivity index (χ4v) is 1.84. The Morgan fingerprint density at radius 3 is 2.48 bits per heavy atom. The summed E-state index contributed by atoms with van der Waals surface area (Å²) in [6.45, 7) is 2.00. The maximum atomic E-state index is 12.6. The van der Waals surface area contributed by atoms with E-state index in [0.717, 1.165) is 12.1 Å². The largest absolute Gasteiger partial charge is 0.416 e. The van der Waals surface area contributed by atoms with Crippen LogP contribution in [0.1, 0.15) is 17.0 Å². The molecule has 112 valence electrons. The van der Waals surface area contributed by atoms with Crippen molar-refractivity contribution in [2.24, 2.45) is 0 Å². The van der Waals surface area contributed by atoms with Crippen LogP contribution in [0.2, 0.25) is 0 Å². The summed E-state index contributed by atoms with van der Waals surface area (Å²) in [6, 6.07) is 6.90. The third-order valence-electron chi connectivity index (χ3n) is 2.82. The van der Waals surface area contributed by atoms with Gasteiger partial charge in [0.05, 0.1) is 5.56 Å². The van der Waals surface area contributed by atoms with Gasteiger partial charge >= 0.3 is 6.18 Å². The molecule has 0 bridgehead atoms. The summed E-state index contributed by atoms with van der Waals surface area (Å²) in [5, 5.41) is 5.89. The number of hydrogen-bond donors (Lipinski definition) is 2. The Morgan fingerprint density at radius 2 is 1.81 bits per heavy atom. The Morgan fingerprint density at radius 1 is 1.10 bits per heavy atom. The number of aromatic nitrogens is 2. The molecule has 0 aliphatic rings. The second-order valence-electron chi connectivity index (χ2n) is 4.49. The minimum Gasteiger partial charge on any atom is -0.373 e. The Kier molecular flexibility index (Phi) is 4.30. The van der Waals surface area contributed by atoms with Crippen molar-refractivity contribution in [3.63, 3.8) is 0 Å². The molecule has 0 aliphatic carbocycles. The van der Waals surface area contributed by atoms with Gasteiger partial charge in [-0.1, -0.05) is 12.1 Å². The molecule has 1 aromatic heterocycles. The van der Waals surface area contributed by atoms with Crippen LogP contribution in [0.25, 0.3) is 0 Å². The van der Waals surface area contributed by atoms with Gasteiger partial charge < -0.3 is 10.6 Å². The molecule has 0 fully saturated rings. The normalized spacial score (nSPS) is 11.3. The molecule has 21 heavy (non-hydrogen) atoms. The van der Waals surface area contributed by atoms with E-state index >= 15 is 0 Å². The third kappa shape index (κ3) is 4.08. The van der Waals surface area contributed by atoms with Crippen molar-refractivity contribution in [3.8, 4) is 0 Å². The molecule has 4 nitrogen and oxygen atoms in total. The van der Waals surface area contributed by atoms with Gasteiger partial charge in [-0.3, -0.25) is 0 Å². The number of anilines is 2. The summed E-state index contributed by atoms with van der Waals surface area (Å²) in [6.07, 6.45) is -4.33. The van der Waals surface area contributed by atoms with Gasteiger partial charge in [0, 0.05) is 19.7 Å². The van der Waals surface area contributed by atoms with Gasteiger partial charge in [-0.2, -0.15) is 13.2 Å². The van der Waals surface area contributed by atoms with Crippen LogP contribution in [0.4, 0.5) is 24.8 Å². The van der Waals surface area contributed by atoms with Crippen LogP contribution >= 0.6 is 0 Å². The summed E-state index contributed by atoms with van der Waals surface area (Å²) in [7, 11) is 1.73. The van der Waals surface area contributed by atoms with Crippen molar-refractivity contribution < 1.29 is 13.2 Å². The van der Waals surface area contributed by atoms with E-state index in [1.807, 2.05) is 0 Å². The second-order valence-corrected chi connectivity index (χ2v) is 4.49. The molecular formula is C14H15F3N4. The lowest BCUT2D eigenvalue weighted by atomic mass is 10.1. The van der Waals surface area contributed by atoms with Crippen LogP contribution in [0, 0.1) is 6.92 Å². The predicted octanol–water partition coefficient (Wildman–Crippen LogP) is 3.46. The molecule has 1 heterocycles. The van der Waals surface area contributed by atoms with Crippen LogP contribution in [0.3, 0.4) is 0 Å². The fourth-order valence-electron chi connectivity index (χ4n) is 1.84. The van der Waals surface area contributed by atoms with E-state index in [4.69, 9.17) is 0 Å². The molecule has 0 amide bonds. The molecular weight excluding hydrogens is 281 g/mol. The van der Waals surface area contributed by atoms with Gasteiger partial charge in [0.15, 0.2) is 0 Å². The summed E-state index contributed by atoms with van der Waals surface area (Å²) in [4.78, 5) is 8.33. The van der Waals surface area contributed by atoms with Gasteiger partial charge in [-0.15, -0.1) is 0 Å². The Labute approximate surface area is 120 Å². The summed E-state index contributed by atoms with van der Waals surface area (Å²) >= 11 is 0. The lowest BCUT2D eigenvalue weighted by Crippen LogP contribution is -2.08. The molecule has 0 spiro atoms. The summed E-state index contributed by atoms with van der Waals surface area (Å²) < 4.78 is 37.9. The molecule has 2 aromatic rings. The minimum atomic E-state index is -4.33. The quantitative estimate of drug-likeness (QED) is 0.907. The zero-order valence-corrected chi connectivity index (χ0v) is 11.6. The summed E-state index contributed by atoms with van der Waals surface area (Å²) in [5.41, 5.74) is -0.122. The van der Waals surface area contributed by atoms with Crippen LogP contribution in [0.15, 0.2) is 30.3 Å². The first-order valence-electron chi connectivity index (χ1n) is 6.32. The lowest BCUT2D eigenvalue weighted by molar-refractivity contribution is -0.137. The maximum Gasteiger partial charge on any atom is 0.416 e. The van der Waals surface area contributed by atoms with Crippen LogP contribution in [-0.2, 0) is 12.7 Å². The average molecular weight is 296 g/mol. The Bertz CT molecular complexity index is 626. The molecule has 0 atom stereocenters.